The smallest absolute Gasteiger partial charge is 0.203 e. The summed E-state index contributed by atoms with van der Waals surface area (Å²) in [4.78, 5) is 3.41. The van der Waals surface area contributed by atoms with Crippen molar-refractivity contribution in [3.8, 4) is 0 Å². The van der Waals surface area contributed by atoms with Crippen molar-refractivity contribution in [2.45, 2.75) is 25.7 Å². The van der Waals surface area contributed by atoms with Crippen LogP contribution in [-0.4, -0.2) is 6.21 Å². The average molecular weight is 414 g/mol. The highest BCUT2D eigenvalue weighted by Gasteiger charge is 2.26. The number of anilines is 1. The highest BCUT2D eigenvalue weighted by Crippen LogP contribution is 2.40. The molecule has 3 heteroatoms. The first kappa shape index (κ1) is 20.2. The predicted octanol–water partition coefficient (Wildman–Crippen LogP) is 5.84. The normalized spacial score (nSPS) is 18.2. The lowest BCUT2D eigenvalue weighted by Gasteiger charge is -2.25. The molecular formula is C27H26ClN2+. The summed E-state index contributed by atoms with van der Waals surface area (Å²) in [5, 5.41) is 4.23. The van der Waals surface area contributed by atoms with E-state index >= 15 is 0 Å². The molecule has 0 saturated carbocycles. The fraction of sp³-hybridized carbons (Fsp3) is 0.148. The molecule has 150 valence electrons. The summed E-state index contributed by atoms with van der Waals surface area (Å²) < 4.78 is 0. The average Bonchev–Trinajstić information content (AvgIpc) is 2.79. The lowest BCUT2D eigenvalue weighted by molar-refractivity contribution is -0.347. The molecule has 0 radical (unpaired) electrons. The summed E-state index contributed by atoms with van der Waals surface area (Å²) in [5.41, 5.74) is 6.99. The summed E-state index contributed by atoms with van der Waals surface area (Å²) in [6, 6.07) is 29.2. The molecular weight excluding hydrogens is 388 g/mol. The fourth-order valence-electron chi connectivity index (χ4n) is 3.72. The van der Waals surface area contributed by atoms with Gasteiger partial charge in [-0.2, -0.15) is 0 Å². The highest BCUT2D eigenvalue weighted by molar-refractivity contribution is 6.33. The zero-order chi connectivity index (χ0) is 20.8. The number of benzene rings is 3. The summed E-state index contributed by atoms with van der Waals surface area (Å²) in [6.07, 6.45) is 5.91. The van der Waals surface area contributed by atoms with Gasteiger partial charge in [0.1, 0.15) is 0 Å². The van der Waals surface area contributed by atoms with Gasteiger partial charge in [0.15, 0.2) is 6.21 Å². The SMILES string of the molecule is Cc1ccc(C2CC(C=[NH+]c3ccccc3)=C(Cl)/C(=C/Nc3ccccc3)C2)cc1. The van der Waals surface area contributed by atoms with E-state index in [9.17, 15) is 0 Å². The van der Waals surface area contributed by atoms with Crippen LogP contribution in [0, 0.1) is 6.92 Å². The standard InChI is InChI=1S/C27H25ClN2/c1-20-12-14-21(15-13-20)22-16-23(18-29-25-8-4-2-5-9-25)27(28)24(17-22)19-30-26-10-6-3-7-11-26/h2-15,18-19,22,29H,16-17H2,1H3/p+1/b23-18+,30-19?. The van der Waals surface area contributed by atoms with Gasteiger partial charge in [-0.25, -0.2) is 4.99 Å². The molecule has 0 aliphatic heterocycles. The van der Waals surface area contributed by atoms with Crippen molar-refractivity contribution in [1.29, 1.82) is 0 Å². The van der Waals surface area contributed by atoms with Crippen LogP contribution in [-0.2, 0) is 0 Å². The van der Waals surface area contributed by atoms with Crippen LogP contribution in [0.3, 0.4) is 0 Å². The minimum absolute atomic E-state index is 0.390. The van der Waals surface area contributed by atoms with E-state index in [0.29, 0.717) is 5.92 Å². The van der Waals surface area contributed by atoms with E-state index in [-0.39, 0.29) is 0 Å². The Kier molecular flexibility index (Phi) is 6.46. The van der Waals surface area contributed by atoms with Gasteiger partial charge in [-0.1, -0.05) is 77.8 Å². The zero-order valence-corrected chi connectivity index (χ0v) is 17.9. The lowest BCUT2D eigenvalue weighted by Crippen LogP contribution is -2.61. The van der Waals surface area contributed by atoms with Crippen LogP contribution in [0.25, 0.3) is 0 Å². The maximum Gasteiger partial charge on any atom is 0.203 e. The van der Waals surface area contributed by atoms with E-state index < -0.39 is 0 Å². The van der Waals surface area contributed by atoms with Gasteiger partial charge in [-0.3, -0.25) is 0 Å². The maximum absolute atomic E-state index is 6.86. The van der Waals surface area contributed by atoms with E-state index in [1.807, 2.05) is 48.8 Å². The highest BCUT2D eigenvalue weighted by atomic mass is 35.5. The number of allylic oxidation sites excluding steroid dienone is 3. The third kappa shape index (κ3) is 5.08. The van der Waals surface area contributed by atoms with Crippen molar-refractivity contribution in [3.05, 3.63) is 118 Å². The largest absolute Gasteiger partial charge is 0.361 e. The van der Waals surface area contributed by atoms with Crippen LogP contribution in [0.5, 0.6) is 0 Å². The molecule has 1 unspecified atom stereocenters. The Bertz CT molecular complexity index is 1060. The number of para-hydroxylation sites is 2. The number of rotatable bonds is 5. The van der Waals surface area contributed by atoms with E-state index in [0.717, 1.165) is 40.4 Å². The van der Waals surface area contributed by atoms with Crippen molar-refractivity contribution in [2.75, 3.05) is 5.32 Å². The second-order valence-electron chi connectivity index (χ2n) is 7.69. The number of halogens is 1. The number of hydrogen-bond donors (Lipinski definition) is 2. The van der Waals surface area contributed by atoms with Crippen LogP contribution in [0.1, 0.15) is 29.9 Å². The Labute approximate surface area is 183 Å². The van der Waals surface area contributed by atoms with Crippen molar-refractivity contribution in [3.63, 3.8) is 0 Å². The first-order chi connectivity index (χ1) is 14.7. The molecule has 1 atom stereocenters. The van der Waals surface area contributed by atoms with Gasteiger partial charge < -0.3 is 5.32 Å². The molecule has 30 heavy (non-hydrogen) atoms. The molecule has 3 aromatic rings. The van der Waals surface area contributed by atoms with Crippen molar-refractivity contribution in [2.24, 2.45) is 0 Å². The zero-order valence-electron chi connectivity index (χ0n) is 17.1. The molecule has 1 aliphatic rings. The monoisotopic (exact) mass is 413 g/mol. The van der Waals surface area contributed by atoms with Crippen LogP contribution in [0.2, 0.25) is 0 Å². The second-order valence-corrected chi connectivity index (χ2v) is 8.07. The molecule has 2 N–H and O–H groups in total. The molecule has 0 saturated heterocycles. The van der Waals surface area contributed by atoms with Gasteiger partial charge in [0.25, 0.3) is 0 Å². The molecule has 2 nitrogen and oxygen atoms in total. The third-order valence-electron chi connectivity index (χ3n) is 5.42. The molecule has 0 bridgehead atoms. The molecule has 4 rings (SSSR count). The van der Waals surface area contributed by atoms with Gasteiger partial charge in [0.05, 0.1) is 5.03 Å². The van der Waals surface area contributed by atoms with Crippen molar-refractivity contribution in [1.82, 2.24) is 0 Å². The number of aryl methyl sites for hydroxylation is 1. The van der Waals surface area contributed by atoms with Crippen LogP contribution >= 0.6 is 11.6 Å². The number of nitrogens with one attached hydrogen (secondary N) is 2. The quantitative estimate of drug-likeness (QED) is 0.504. The van der Waals surface area contributed by atoms with Gasteiger partial charge in [-0.15, -0.1) is 0 Å². The molecule has 1 aliphatic carbocycles. The third-order valence-corrected chi connectivity index (χ3v) is 5.90. The molecule has 0 aromatic heterocycles. The van der Waals surface area contributed by atoms with Gasteiger partial charge in [0.2, 0.25) is 5.69 Å². The first-order valence-corrected chi connectivity index (χ1v) is 10.7. The van der Waals surface area contributed by atoms with Gasteiger partial charge in [-0.05, 0) is 49.0 Å². The molecule has 0 amide bonds. The minimum atomic E-state index is 0.390. The maximum atomic E-state index is 6.86. The predicted molar refractivity (Wildman–Crippen MR) is 127 cm³/mol. The van der Waals surface area contributed by atoms with Crippen LogP contribution in [0.15, 0.2) is 107 Å². The van der Waals surface area contributed by atoms with Crippen molar-refractivity contribution >= 4 is 29.2 Å². The van der Waals surface area contributed by atoms with Gasteiger partial charge >= 0.3 is 0 Å². The second kappa shape index (κ2) is 9.60. The molecule has 0 heterocycles. The van der Waals surface area contributed by atoms with Crippen LogP contribution in [0.4, 0.5) is 11.4 Å². The first-order valence-electron chi connectivity index (χ1n) is 10.3. The molecule has 3 aromatic carbocycles. The topological polar surface area (TPSA) is 26.0 Å². The molecule has 0 fully saturated rings. The Morgan fingerprint density at radius 3 is 2.23 bits per heavy atom. The van der Waals surface area contributed by atoms with Crippen molar-refractivity contribution < 1.29 is 4.99 Å². The van der Waals surface area contributed by atoms with E-state index in [2.05, 4.69) is 65.8 Å². The lowest BCUT2D eigenvalue weighted by atomic mass is 9.81. The minimum Gasteiger partial charge on any atom is -0.361 e. The van der Waals surface area contributed by atoms with E-state index in [1.54, 1.807) is 0 Å². The van der Waals surface area contributed by atoms with Gasteiger partial charge in [0, 0.05) is 29.6 Å². The fourth-order valence-corrected chi connectivity index (χ4v) is 3.98. The summed E-state index contributed by atoms with van der Waals surface area (Å²) in [6.45, 7) is 2.12. The summed E-state index contributed by atoms with van der Waals surface area (Å²) >= 11 is 6.86. The van der Waals surface area contributed by atoms with E-state index in [4.69, 9.17) is 11.6 Å². The van der Waals surface area contributed by atoms with Crippen LogP contribution < -0.4 is 10.3 Å². The van der Waals surface area contributed by atoms with E-state index in [1.165, 1.54) is 11.1 Å². The Hall–Kier alpha value is -3.10. The summed E-state index contributed by atoms with van der Waals surface area (Å²) in [7, 11) is 0. The number of hydrogen-bond acceptors (Lipinski definition) is 1. The summed E-state index contributed by atoms with van der Waals surface area (Å²) in [5.74, 6) is 0.390. The Morgan fingerprint density at radius 1 is 0.867 bits per heavy atom. The molecule has 0 spiro atoms. The Balaban J connectivity index is 1.65. The Morgan fingerprint density at radius 2 is 1.53 bits per heavy atom.